The molecular weight excluding hydrogens is 476 g/mol. The zero-order chi connectivity index (χ0) is 28.3. The van der Waals surface area contributed by atoms with Crippen LogP contribution in [0.1, 0.15) is 206 Å². The summed E-state index contributed by atoms with van der Waals surface area (Å²) < 4.78 is 0. The van der Waals surface area contributed by atoms with Gasteiger partial charge in [-0.25, -0.2) is 0 Å². The van der Waals surface area contributed by atoms with Crippen LogP contribution < -0.4 is 0 Å². The Hall–Kier alpha value is -1.05. The Balaban J connectivity index is 3.13. The van der Waals surface area contributed by atoms with Crippen molar-refractivity contribution in [3.63, 3.8) is 0 Å². The summed E-state index contributed by atoms with van der Waals surface area (Å²) in [5, 5.41) is 8.63. The van der Waals surface area contributed by atoms with E-state index in [0.717, 1.165) is 19.3 Å². The van der Waals surface area contributed by atoms with Crippen molar-refractivity contribution in [2.45, 2.75) is 206 Å². The Morgan fingerprint density at radius 1 is 0.410 bits per heavy atom. The lowest BCUT2D eigenvalue weighted by molar-refractivity contribution is -0.137. The fourth-order valence-corrected chi connectivity index (χ4v) is 5.45. The minimum Gasteiger partial charge on any atom is -0.481 e. The van der Waals surface area contributed by atoms with Gasteiger partial charge < -0.3 is 5.11 Å². The van der Waals surface area contributed by atoms with Crippen LogP contribution in [0.15, 0.2) is 24.3 Å². The van der Waals surface area contributed by atoms with Crippen LogP contribution in [0.3, 0.4) is 0 Å². The third-order valence-corrected chi connectivity index (χ3v) is 8.09. The molecule has 0 aromatic carbocycles. The highest BCUT2D eigenvalue weighted by atomic mass is 16.4. The standard InChI is InChI=1S/C37H70O2/c1-2-3-4-5-6-7-8-9-10-11-12-13-14-15-16-17-18-19-20-21-22-23-24-25-26-27-28-29-30-31-32-33-34-35-36-37(38)39/h11-12,14-15H,2-10,13,16-36H2,1H3,(H,38,39)/b12-11+,15-14+. The van der Waals surface area contributed by atoms with Gasteiger partial charge in [-0.15, -0.1) is 0 Å². The quantitative estimate of drug-likeness (QED) is 0.0656. The maximum Gasteiger partial charge on any atom is 0.303 e. The zero-order valence-electron chi connectivity index (χ0n) is 26.6. The smallest absolute Gasteiger partial charge is 0.303 e. The largest absolute Gasteiger partial charge is 0.481 e. The molecule has 2 heteroatoms. The van der Waals surface area contributed by atoms with Crippen LogP contribution >= 0.6 is 0 Å². The number of rotatable bonds is 33. The Morgan fingerprint density at radius 2 is 0.692 bits per heavy atom. The Kier molecular flexibility index (Phi) is 34.0. The van der Waals surface area contributed by atoms with Gasteiger partial charge in [-0.05, 0) is 38.5 Å². The van der Waals surface area contributed by atoms with E-state index in [1.807, 2.05) is 0 Å². The number of carbonyl (C=O) groups is 1. The minimum atomic E-state index is -0.651. The zero-order valence-corrected chi connectivity index (χ0v) is 26.6. The van der Waals surface area contributed by atoms with Crippen LogP contribution in [-0.4, -0.2) is 11.1 Å². The molecule has 0 rings (SSSR count). The summed E-state index contributed by atoms with van der Waals surface area (Å²) >= 11 is 0. The van der Waals surface area contributed by atoms with Crippen molar-refractivity contribution in [1.29, 1.82) is 0 Å². The third-order valence-electron chi connectivity index (χ3n) is 8.09. The normalized spacial score (nSPS) is 11.8. The molecule has 0 saturated carbocycles. The average Bonchev–Trinajstić information content (AvgIpc) is 2.93. The van der Waals surface area contributed by atoms with Crippen LogP contribution in [0.4, 0.5) is 0 Å². The molecule has 0 atom stereocenters. The van der Waals surface area contributed by atoms with E-state index in [0.29, 0.717) is 6.42 Å². The fraction of sp³-hybridized carbons (Fsp3) is 0.865. The topological polar surface area (TPSA) is 37.3 Å². The van der Waals surface area contributed by atoms with Crippen molar-refractivity contribution in [2.75, 3.05) is 0 Å². The van der Waals surface area contributed by atoms with E-state index in [1.165, 1.54) is 173 Å². The molecule has 0 aliphatic carbocycles. The number of allylic oxidation sites excluding steroid dienone is 4. The molecule has 0 radical (unpaired) electrons. The third kappa shape index (κ3) is 37.0. The summed E-state index contributed by atoms with van der Waals surface area (Å²) in [6.07, 6.45) is 50.4. The van der Waals surface area contributed by atoms with Gasteiger partial charge in [0, 0.05) is 6.42 Å². The molecule has 230 valence electrons. The first-order valence-corrected chi connectivity index (χ1v) is 17.8. The van der Waals surface area contributed by atoms with E-state index >= 15 is 0 Å². The maximum atomic E-state index is 10.5. The molecule has 0 amide bonds. The number of carboxylic acid groups (broad SMARTS) is 1. The Bertz CT molecular complexity index is 522. The number of unbranched alkanes of at least 4 members (excludes halogenated alkanes) is 27. The molecule has 0 saturated heterocycles. The van der Waals surface area contributed by atoms with Gasteiger partial charge >= 0.3 is 5.97 Å². The molecule has 0 aromatic heterocycles. The number of carboxylic acids is 1. The fourth-order valence-electron chi connectivity index (χ4n) is 5.45. The first-order chi connectivity index (χ1) is 19.3. The van der Waals surface area contributed by atoms with Crippen molar-refractivity contribution in [1.82, 2.24) is 0 Å². The molecule has 0 fully saturated rings. The second-order valence-corrected chi connectivity index (χ2v) is 12.1. The van der Waals surface area contributed by atoms with Crippen LogP contribution in [0.2, 0.25) is 0 Å². The van der Waals surface area contributed by atoms with Crippen molar-refractivity contribution in [3.05, 3.63) is 24.3 Å². The maximum absolute atomic E-state index is 10.5. The van der Waals surface area contributed by atoms with E-state index in [2.05, 4.69) is 31.2 Å². The molecule has 0 spiro atoms. The molecule has 0 unspecified atom stereocenters. The molecule has 0 aliphatic rings. The van der Waals surface area contributed by atoms with Gasteiger partial charge in [-0.1, -0.05) is 185 Å². The van der Waals surface area contributed by atoms with Gasteiger partial charge in [0.05, 0.1) is 0 Å². The second kappa shape index (κ2) is 35.0. The summed E-state index contributed by atoms with van der Waals surface area (Å²) in [6.45, 7) is 2.29. The molecule has 0 aliphatic heterocycles. The first-order valence-electron chi connectivity index (χ1n) is 17.8. The van der Waals surface area contributed by atoms with E-state index in [1.54, 1.807) is 0 Å². The molecule has 2 nitrogen and oxygen atoms in total. The van der Waals surface area contributed by atoms with Gasteiger partial charge in [0.2, 0.25) is 0 Å². The van der Waals surface area contributed by atoms with Crippen molar-refractivity contribution in [2.24, 2.45) is 0 Å². The summed E-state index contributed by atoms with van der Waals surface area (Å²) in [7, 11) is 0. The monoisotopic (exact) mass is 547 g/mol. The lowest BCUT2D eigenvalue weighted by Gasteiger charge is -2.04. The van der Waals surface area contributed by atoms with Gasteiger partial charge in [0.25, 0.3) is 0 Å². The molecule has 39 heavy (non-hydrogen) atoms. The SMILES string of the molecule is CCCCCCCCCC/C=C/C/C=C/CCCCCCCCCCCCCCCCCCCCCC(=O)O. The van der Waals surface area contributed by atoms with Crippen molar-refractivity contribution < 1.29 is 9.90 Å². The van der Waals surface area contributed by atoms with Crippen LogP contribution in [0, 0.1) is 0 Å². The summed E-state index contributed by atoms with van der Waals surface area (Å²) in [4.78, 5) is 10.5. The van der Waals surface area contributed by atoms with Crippen LogP contribution in [0.25, 0.3) is 0 Å². The predicted octanol–water partition coefficient (Wildman–Crippen LogP) is 13.3. The minimum absolute atomic E-state index is 0.343. The Morgan fingerprint density at radius 3 is 1.00 bits per heavy atom. The van der Waals surface area contributed by atoms with E-state index in [-0.39, 0.29) is 0 Å². The highest BCUT2D eigenvalue weighted by Crippen LogP contribution is 2.15. The number of aliphatic carboxylic acids is 1. The van der Waals surface area contributed by atoms with Gasteiger partial charge in [0.1, 0.15) is 0 Å². The van der Waals surface area contributed by atoms with Crippen LogP contribution in [-0.2, 0) is 4.79 Å². The van der Waals surface area contributed by atoms with Gasteiger partial charge in [-0.2, -0.15) is 0 Å². The summed E-state index contributed by atoms with van der Waals surface area (Å²) in [5.74, 6) is -0.651. The van der Waals surface area contributed by atoms with E-state index in [9.17, 15) is 4.79 Å². The predicted molar refractivity (Wildman–Crippen MR) is 175 cm³/mol. The number of hydrogen-bond acceptors (Lipinski definition) is 1. The highest BCUT2D eigenvalue weighted by Gasteiger charge is 1.97. The van der Waals surface area contributed by atoms with Crippen molar-refractivity contribution in [3.8, 4) is 0 Å². The number of hydrogen-bond donors (Lipinski definition) is 1. The lowest BCUT2D eigenvalue weighted by Crippen LogP contribution is -1.93. The van der Waals surface area contributed by atoms with Gasteiger partial charge in [-0.3, -0.25) is 4.79 Å². The lowest BCUT2D eigenvalue weighted by atomic mass is 10.0. The van der Waals surface area contributed by atoms with Gasteiger partial charge in [0.15, 0.2) is 0 Å². The summed E-state index contributed by atoms with van der Waals surface area (Å²) in [5.41, 5.74) is 0. The second-order valence-electron chi connectivity index (χ2n) is 12.1. The van der Waals surface area contributed by atoms with Crippen molar-refractivity contribution >= 4 is 5.97 Å². The van der Waals surface area contributed by atoms with E-state index in [4.69, 9.17) is 5.11 Å². The summed E-state index contributed by atoms with van der Waals surface area (Å²) in [6, 6.07) is 0. The van der Waals surface area contributed by atoms with Crippen LogP contribution in [0.5, 0.6) is 0 Å². The molecule has 1 N–H and O–H groups in total. The Labute approximate surface area is 245 Å². The highest BCUT2D eigenvalue weighted by molar-refractivity contribution is 5.66. The molecule has 0 aromatic rings. The molecular formula is C37H70O2. The first kappa shape index (κ1) is 38.0. The van der Waals surface area contributed by atoms with E-state index < -0.39 is 5.97 Å². The molecule has 0 heterocycles. The molecule has 0 bridgehead atoms. The average molecular weight is 547 g/mol.